The van der Waals surface area contributed by atoms with E-state index in [9.17, 15) is 4.79 Å². The molecule has 0 radical (unpaired) electrons. The molecular weight excluding hydrogens is 497 g/mol. The fraction of sp³-hybridized carbons (Fsp3) is 0.457. The minimum Gasteiger partial charge on any atom is -0.372 e. The summed E-state index contributed by atoms with van der Waals surface area (Å²) in [4.78, 5) is 15.3. The van der Waals surface area contributed by atoms with Crippen molar-refractivity contribution in [2.24, 2.45) is 23.2 Å². The summed E-state index contributed by atoms with van der Waals surface area (Å²) in [5, 5.41) is 2.84. The van der Waals surface area contributed by atoms with Crippen molar-refractivity contribution >= 4 is 24.9 Å². The Morgan fingerprint density at radius 2 is 1.26 bits per heavy atom. The Morgan fingerprint density at radius 3 is 1.77 bits per heavy atom. The lowest BCUT2D eigenvalue weighted by molar-refractivity contribution is -0.146. The molecule has 1 heterocycles. The van der Waals surface area contributed by atoms with Crippen molar-refractivity contribution in [3.8, 4) is 0 Å². The van der Waals surface area contributed by atoms with E-state index < -0.39 is 7.92 Å². The van der Waals surface area contributed by atoms with Gasteiger partial charge in [0.05, 0.1) is 18.2 Å². The zero-order chi connectivity index (χ0) is 26.3. The highest BCUT2D eigenvalue weighted by atomic mass is 31.1. The van der Waals surface area contributed by atoms with Crippen LogP contribution in [0.4, 0.5) is 0 Å². The van der Waals surface area contributed by atoms with E-state index in [0.717, 1.165) is 30.3 Å². The van der Waals surface area contributed by atoms with E-state index in [-0.39, 0.29) is 17.1 Å². The van der Waals surface area contributed by atoms with Gasteiger partial charge in [-0.3, -0.25) is 4.79 Å². The van der Waals surface area contributed by atoms with Gasteiger partial charge in [0, 0.05) is 6.54 Å². The molecule has 3 aromatic carbocycles. The SMILES string of the molecule is O=CN1C[C@H](OCc2ccccc2)C[C@@]1(CP(c1ccccc1)c1ccccc1)C12CC3CC(CC(C3)C1)C2. The van der Waals surface area contributed by atoms with Crippen LogP contribution in [0.3, 0.4) is 0 Å². The molecule has 3 aromatic rings. The fourth-order valence-electron chi connectivity index (χ4n) is 9.33. The van der Waals surface area contributed by atoms with Crippen molar-refractivity contribution in [2.45, 2.75) is 63.2 Å². The first-order valence-electron chi connectivity index (χ1n) is 14.9. The van der Waals surface area contributed by atoms with Crippen molar-refractivity contribution in [1.82, 2.24) is 4.90 Å². The van der Waals surface area contributed by atoms with Crippen LogP contribution < -0.4 is 10.6 Å². The van der Waals surface area contributed by atoms with Crippen LogP contribution in [-0.4, -0.2) is 35.7 Å². The van der Waals surface area contributed by atoms with Crippen molar-refractivity contribution in [3.05, 3.63) is 96.6 Å². The normalized spacial score (nSPS) is 33.1. The summed E-state index contributed by atoms with van der Waals surface area (Å²) in [7, 11) is -0.623. The van der Waals surface area contributed by atoms with Crippen LogP contribution in [0.2, 0.25) is 0 Å². The number of rotatable bonds is 9. The van der Waals surface area contributed by atoms with Crippen molar-refractivity contribution in [2.75, 3.05) is 12.7 Å². The molecule has 0 aromatic heterocycles. The first kappa shape index (κ1) is 25.5. The first-order valence-corrected chi connectivity index (χ1v) is 16.4. The molecule has 39 heavy (non-hydrogen) atoms. The maximum Gasteiger partial charge on any atom is 0.210 e. The van der Waals surface area contributed by atoms with Crippen molar-refractivity contribution in [1.29, 1.82) is 0 Å². The average Bonchev–Trinajstić information content (AvgIpc) is 3.35. The Labute approximate surface area is 234 Å². The van der Waals surface area contributed by atoms with Gasteiger partial charge in [0.1, 0.15) is 0 Å². The van der Waals surface area contributed by atoms with Gasteiger partial charge in [0.2, 0.25) is 6.41 Å². The van der Waals surface area contributed by atoms with E-state index in [1.807, 2.05) is 0 Å². The van der Waals surface area contributed by atoms with Crippen LogP contribution in [0.15, 0.2) is 91.0 Å². The van der Waals surface area contributed by atoms with Gasteiger partial charge >= 0.3 is 0 Å². The van der Waals surface area contributed by atoms with Crippen LogP contribution >= 0.6 is 7.92 Å². The Bertz CT molecular complexity index is 1190. The number of benzene rings is 3. The molecular formula is C35H40NO2P. The van der Waals surface area contributed by atoms with Gasteiger partial charge in [-0.15, -0.1) is 0 Å². The van der Waals surface area contributed by atoms with E-state index in [2.05, 4.69) is 95.9 Å². The van der Waals surface area contributed by atoms with Gasteiger partial charge in [-0.2, -0.15) is 0 Å². The predicted molar refractivity (Wildman–Crippen MR) is 160 cm³/mol. The summed E-state index contributed by atoms with van der Waals surface area (Å²) in [6.07, 6.45) is 11.4. The number of carbonyl (C=O) groups excluding carboxylic acids is 1. The van der Waals surface area contributed by atoms with Crippen LogP contribution in [-0.2, 0) is 16.1 Å². The van der Waals surface area contributed by atoms with E-state index in [1.165, 1.54) is 61.1 Å². The molecule has 4 saturated carbocycles. The number of hydrogen-bond donors (Lipinski definition) is 0. The molecule has 1 saturated heterocycles. The van der Waals surface area contributed by atoms with Gasteiger partial charge in [0.15, 0.2) is 0 Å². The zero-order valence-electron chi connectivity index (χ0n) is 22.8. The molecule has 2 atom stereocenters. The molecule has 3 nitrogen and oxygen atoms in total. The molecule has 5 aliphatic rings. The van der Waals surface area contributed by atoms with Crippen molar-refractivity contribution in [3.63, 3.8) is 0 Å². The minimum atomic E-state index is -0.623. The van der Waals surface area contributed by atoms with E-state index in [0.29, 0.717) is 13.2 Å². The summed E-state index contributed by atoms with van der Waals surface area (Å²) in [6.45, 7) is 1.33. The highest BCUT2D eigenvalue weighted by molar-refractivity contribution is 7.73. The third-order valence-corrected chi connectivity index (χ3v) is 13.2. The Morgan fingerprint density at radius 1 is 0.744 bits per heavy atom. The molecule has 8 rings (SSSR count). The molecule has 1 amide bonds. The first-order chi connectivity index (χ1) is 19.2. The lowest BCUT2D eigenvalue weighted by atomic mass is 9.44. The fourth-order valence-corrected chi connectivity index (χ4v) is 12.2. The Balaban J connectivity index is 1.29. The zero-order valence-corrected chi connectivity index (χ0v) is 23.7. The topological polar surface area (TPSA) is 29.5 Å². The summed E-state index contributed by atoms with van der Waals surface area (Å²) in [5.41, 5.74) is 1.25. The average molecular weight is 538 g/mol. The second-order valence-corrected chi connectivity index (χ2v) is 15.1. The van der Waals surface area contributed by atoms with Gasteiger partial charge < -0.3 is 9.64 Å². The number of hydrogen-bond acceptors (Lipinski definition) is 2. The smallest absolute Gasteiger partial charge is 0.210 e. The second kappa shape index (κ2) is 10.5. The molecule has 0 N–H and O–H groups in total. The predicted octanol–water partition coefficient (Wildman–Crippen LogP) is 6.52. The standard InChI is InChI=1S/C35H40NO2P/c37-26-36-23-31(38-24-27-10-4-1-5-11-27)22-35(36,34-19-28-16-29(20-34)18-30(17-28)21-34)25-39(32-12-6-2-7-13-32)33-14-8-3-9-15-33/h1-15,26,28-31H,16-25H2/t28?,29?,30?,31-,34?,35-/m1/s1. The second-order valence-electron chi connectivity index (χ2n) is 12.9. The number of likely N-dealkylation sites (tertiary alicyclic amines) is 1. The third-order valence-electron chi connectivity index (χ3n) is 10.6. The largest absolute Gasteiger partial charge is 0.372 e. The van der Waals surface area contributed by atoms with Gasteiger partial charge in [-0.05, 0) is 98.4 Å². The summed E-state index contributed by atoms with van der Waals surface area (Å²) >= 11 is 0. The number of nitrogens with zero attached hydrogens (tertiary/aromatic N) is 1. The highest BCUT2D eigenvalue weighted by Crippen LogP contribution is 2.68. The maximum absolute atomic E-state index is 13.1. The molecule has 0 unspecified atom stereocenters. The van der Waals surface area contributed by atoms with E-state index in [4.69, 9.17) is 4.74 Å². The molecule has 0 spiro atoms. The molecule has 5 fully saturated rings. The van der Waals surface area contributed by atoms with Gasteiger partial charge in [-0.25, -0.2) is 0 Å². The molecule has 202 valence electrons. The number of carbonyl (C=O) groups is 1. The summed E-state index contributed by atoms with van der Waals surface area (Å²) < 4.78 is 6.64. The van der Waals surface area contributed by atoms with Crippen LogP contribution in [0.25, 0.3) is 0 Å². The van der Waals surface area contributed by atoms with Gasteiger partial charge in [0.25, 0.3) is 0 Å². The molecule has 4 aliphatic carbocycles. The molecule has 4 bridgehead atoms. The monoisotopic (exact) mass is 537 g/mol. The summed E-state index contributed by atoms with van der Waals surface area (Å²) in [6, 6.07) is 32.7. The number of amides is 1. The van der Waals surface area contributed by atoms with Crippen LogP contribution in [0.5, 0.6) is 0 Å². The molecule has 1 aliphatic heterocycles. The van der Waals surface area contributed by atoms with E-state index in [1.54, 1.807) is 0 Å². The maximum atomic E-state index is 13.1. The highest BCUT2D eigenvalue weighted by Gasteiger charge is 2.65. The van der Waals surface area contributed by atoms with Crippen molar-refractivity contribution < 1.29 is 9.53 Å². The summed E-state index contributed by atoms with van der Waals surface area (Å²) in [5.74, 6) is 2.52. The van der Waals surface area contributed by atoms with E-state index >= 15 is 0 Å². The third kappa shape index (κ3) is 4.66. The molecule has 4 heteroatoms. The van der Waals surface area contributed by atoms with Crippen LogP contribution in [0, 0.1) is 23.2 Å². The lowest BCUT2D eigenvalue weighted by Crippen LogP contribution is -2.65. The van der Waals surface area contributed by atoms with Crippen LogP contribution in [0.1, 0.15) is 50.5 Å². The lowest BCUT2D eigenvalue weighted by Gasteiger charge is -2.65. The Hall–Kier alpha value is -2.48. The minimum absolute atomic E-state index is 0.0757. The van der Waals surface area contributed by atoms with Gasteiger partial charge in [-0.1, -0.05) is 91.0 Å². The number of ether oxygens (including phenoxy) is 1. The quantitative estimate of drug-likeness (QED) is 0.230. The Kier molecular flexibility index (Phi) is 6.86.